The standard InChI is InChI=1S/C23H39N3O3S/c1-5-24-23(26-19-11-8-12-20(17-19)30(27)7-3)25-15-9-10-18-13-14-21(28-4)22(16-18)29-6-2/h13-14,16,19-20H,5-12,15,17H2,1-4H3,(H2,24,25,26). The molecule has 0 radical (unpaired) electrons. The van der Waals surface area contributed by atoms with Gasteiger partial charge in [-0.2, -0.15) is 0 Å². The molecule has 1 fully saturated rings. The summed E-state index contributed by atoms with van der Waals surface area (Å²) in [5.41, 5.74) is 1.23. The van der Waals surface area contributed by atoms with E-state index in [4.69, 9.17) is 14.5 Å². The van der Waals surface area contributed by atoms with Gasteiger partial charge in [-0.15, -0.1) is 0 Å². The first kappa shape index (κ1) is 24.5. The van der Waals surface area contributed by atoms with E-state index in [1.807, 2.05) is 19.9 Å². The Labute approximate surface area is 184 Å². The fraction of sp³-hybridized carbons (Fsp3) is 0.696. The number of methoxy groups -OCH3 is 1. The van der Waals surface area contributed by atoms with Gasteiger partial charge in [0.25, 0.3) is 0 Å². The van der Waals surface area contributed by atoms with Crippen molar-refractivity contribution in [2.24, 2.45) is 4.99 Å². The average Bonchev–Trinajstić information content (AvgIpc) is 2.77. The van der Waals surface area contributed by atoms with Crippen LogP contribution in [-0.2, 0) is 17.2 Å². The molecule has 0 aliphatic heterocycles. The summed E-state index contributed by atoms with van der Waals surface area (Å²) in [4.78, 5) is 4.77. The number of aliphatic imine (C=N–C) groups is 1. The number of hydrogen-bond acceptors (Lipinski definition) is 4. The van der Waals surface area contributed by atoms with Crippen molar-refractivity contribution < 1.29 is 13.7 Å². The highest BCUT2D eigenvalue weighted by atomic mass is 32.2. The summed E-state index contributed by atoms with van der Waals surface area (Å²) in [6.07, 6.45) is 6.20. The molecule has 0 aromatic heterocycles. The van der Waals surface area contributed by atoms with E-state index in [0.29, 0.717) is 17.9 Å². The highest BCUT2D eigenvalue weighted by Crippen LogP contribution is 2.28. The molecule has 6 nitrogen and oxygen atoms in total. The second-order valence-electron chi connectivity index (χ2n) is 7.58. The maximum absolute atomic E-state index is 12.2. The monoisotopic (exact) mass is 437 g/mol. The Hall–Kier alpha value is -1.76. The second-order valence-corrected chi connectivity index (χ2v) is 9.59. The third kappa shape index (κ3) is 7.82. The fourth-order valence-electron chi connectivity index (χ4n) is 3.88. The van der Waals surface area contributed by atoms with E-state index >= 15 is 0 Å². The van der Waals surface area contributed by atoms with Gasteiger partial charge >= 0.3 is 0 Å². The molecule has 0 spiro atoms. The van der Waals surface area contributed by atoms with E-state index in [9.17, 15) is 4.21 Å². The number of rotatable bonds is 11. The Bertz CT molecular complexity index is 696. The SMILES string of the molecule is CCNC(=NCCCc1ccc(OC)c(OCC)c1)NC1CCCC(S(=O)CC)C1. The first-order valence-corrected chi connectivity index (χ1v) is 12.7. The molecule has 1 aromatic carbocycles. The van der Waals surface area contributed by atoms with Crippen molar-refractivity contribution in [2.75, 3.05) is 32.6 Å². The van der Waals surface area contributed by atoms with Crippen molar-refractivity contribution in [1.29, 1.82) is 0 Å². The molecule has 30 heavy (non-hydrogen) atoms. The molecule has 1 aliphatic rings. The molecule has 2 rings (SSSR count). The zero-order valence-electron chi connectivity index (χ0n) is 19.0. The van der Waals surface area contributed by atoms with Crippen LogP contribution < -0.4 is 20.1 Å². The van der Waals surface area contributed by atoms with Crippen LogP contribution in [0.25, 0.3) is 0 Å². The molecule has 3 atom stereocenters. The van der Waals surface area contributed by atoms with Gasteiger partial charge in [-0.3, -0.25) is 9.20 Å². The highest BCUT2D eigenvalue weighted by Gasteiger charge is 2.26. The van der Waals surface area contributed by atoms with E-state index in [1.165, 1.54) is 5.56 Å². The number of ether oxygens (including phenoxy) is 2. The third-order valence-corrected chi connectivity index (χ3v) is 7.13. The van der Waals surface area contributed by atoms with Gasteiger partial charge in [-0.25, -0.2) is 0 Å². The van der Waals surface area contributed by atoms with Gasteiger partial charge in [-0.1, -0.05) is 19.4 Å². The lowest BCUT2D eigenvalue weighted by Crippen LogP contribution is -2.46. The molecular formula is C23H39N3O3S. The van der Waals surface area contributed by atoms with E-state index in [2.05, 4.69) is 29.7 Å². The smallest absolute Gasteiger partial charge is 0.191 e. The van der Waals surface area contributed by atoms with E-state index in [0.717, 1.165) is 74.8 Å². The Morgan fingerprint density at radius 3 is 2.77 bits per heavy atom. The van der Waals surface area contributed by atoms with Crippen LogP contribution in [-0.4, -0.2) is 54.0 Å². The summed E-state index contributed by atoms with van der Waals surface area (Å²) in [7, 11) is 0.956. The summed E-state index contributed by atoms with van der Waals surface area (Å²) in [6.45, 7) is 8.28. The predicted octanol–water partition coefficient (Wildman–Crippen LogP) is 3.66. The van der Waals surface area contributed by atoms with Gasteiger partial charge in [0.2, 0.25) is 0 Å². The lowest BCUT2D eigenvalue weighted by atomic mass is 9.95. The second kappa shape index (κ2) is 13.5. The first-order valence-electron chi connectivity index (χ1n) is 11.3. The topological polar surface area (TPSA) is 72.0 Å². The molecule has 1 aliphatic carbocycles. The van der Waals surface area contributed by atoms with Crippen LogP contribution in [0.5, 0.6) is 11.5 Å². The molecule has 2 N–H and O–H groups in total. The summed E-state index contributed by atoms with van der Waals surface area (Å²) in [5.74, 6) is 3.19. The molecule has 3 unspecified atom stereocenters. The summed E-state index contributed by atoms with van der Waals surface area (Å²) in [6, 6.07) is 6.47. The molecule has 0 heterocycles. The van der Waals surface area contributed by atoms with Crippen molar-refractivity contribution in [2.45, 2.75) is 70.6 Å². The molecule has 0 saturated heterocycles. The van der Waals surface area contributed by atoms with Crippen LogP contribution in [0.2, 0.25) is 0 Å². The van der Waals surface area contributed by atoms with E-state index in [-0.39, 0.29) is 0 Å². The number of benzene rings is 1. The minimum atomic E-state index is -0.706. The number of nitrogens with one attached hydrogen (secondary N) is 2. The minimum absolute atomic E-state index is 0.318. The van der Waals surface area contributed by atoms with Gasteiger partial charge in [0.05, 0.1) is 13.7 Å². The van der Waals surface area contributed by atoms with Crippen LogP contribution in [0.4, 0.5) is 0 Å². The zero-order valence-corrected chi connectivity index (χ0v) is 19.9. The Morgan fingerprint density at radius 2 is 2.07 bits per heavy atom. The number of aryl methyl sites for hydroxylation is 1. The summed E-state index contributed by atoms with van der Waals surface area (Å²) >= 11 is 0. The molecule has 0 bridgehead atoms. The predicted molar refractivity (Wildman–Crippen MR) is 126 cm³/mol. The maximum atomic E-state index is 12.2. The van der Waals surface area contributed by atoms with Crippen molar-refractivity contribution in [1.82, 2.24) is 10.6 Å². The van der Waals surface area contributed by atoms with Crippen LogP contribution in [0.1, 0.15) is 58.4 Å². The van der Waals surface area contributed by atoms with Gasteiger partial charge < -0.3 is 20.1 Å². The molecule has 170 valence electrons. The first-order chi connectivity index (χ1) is 14.6. The quantitative estimate of drug-likeness (QED) is 0.314. The Morgan fingerprint density at radius 1 is 1.23 bits per heavy atom. The van der Waals surface area contributed by atoms with Crippen molar-refractivity contribution in [3.05, 3.63) is 23.8 Å². The highest BCUT2D eigenvalue weighted by molar-refractivity contribution is 7.85. The number of nitrogens with zero attached hydrogens (tertiary/aromatic N) is 1. The largest absolute Gasteiger partial charge is 0.493 e. The lowest BCUT2D eigenvalue weighted by molar-refractivity contribution is 0.310. The van der Waals surface area contributed by atoms with Gasteiger partial charge in [-0.05, 0) is 63.6 Å². The van der Waals surface area contributed by atoms with E-state index in [1.54, 1.807) is 7.11 Å². The Balaban J connectivity index is 1.87. The Kier molecular flexibility index (Phi) is 11.0. The van der Waals surface area contributed by atoms with Crippen LogP contribution in [0, 0.1) is 0 Å². The van der Waals surface area contributed by atoms with Crippen molar-refractivity contribution in [3.8, 4) is 11.5 Å². The molecule has 7 heteroatoms. The van der Waals surface area contributed by atoms with Crippen molar-refractivity contribution in [3.63, 3.8) is 0 Å². The lowest BCUT2D eigenvalue weighted by Gasteiger charge is -2.30. The molecule has 1 saturated carbocycles. The normalized spacial score (nSPS) is 20.5. The number of guanidine groups is 1. The summed E-state index contributed by atoms with van der Waals surface area (Å²) < 4.78 is 23.2. The van der Waals surface area contributed by atoms with Gasteiger partial charge in [0, 0.05) is 40.9 Å². The third-order valence-electron chi connectivity index (χ3n) is 5.39. The fourth-order valence-corrected chi connectivity index (χ4v) is 5.23. The van der Waals surface area contributed by atoms with Crippen molar-refractivity contribution >= 4 is 16.8 Å². The zero-order chi connectivity index (χ0) is 21.8. The van der Waals surface area contributed by atoms with Crippen LogP contribution in [0.3, 0.4) is 0 Å². The van der Waals surface area contributed by atoms with Crippen LogP contribution >= 0.6 is 0 Å². The average molecular weight is 438 g/mol. The van der Waals surface area contributed by atoms with Crippen LogP contribution in [0.15, 0.2) is 23.2 Å². The molecule has 0 amide bonds. The minimum Gasteiger partial charge on any atom is -0.493 e. The maximum Gasteiger partial charge on any atom is 0.191 e. The molecule has 1 aromatic rings. The van der Waals surface area contributed by atoms with Gasteiger partial charge in [0.15, 0.2) is 17.5 Å². The molecular weight excluding hydrogens is 398 g/mol. The van der Waals surface area contributed by atoms with Gasteiger partial charge in [0.1, 0.15) is 0 Å². The van der Waals surface area contributed by atoms with E-state index < -0.39 is 10.8 Å². The summed E-state index contributed by atoms with van der Waals surface area (Å²) in [5, 5.41) is 7.25. The number of hydrogen-bond donors (Lipinski definition) is 2.